The standard InChI is InChI=1S/C17H24N4O3S/c1-24-14-17(7-9-18-10-8-17)13-20-25(22,23)16-11-19-21(12-16)15-5-3-2-4-6-15/h2-6,11-12,18,20H,7-10,13-14H2,1H3. The quantitative estimate of drug-likeness (QED) is 0.770. The molecule has 2 heterocycles. The van der Waals surface area contributed by atoms with E-state index in [1.165, 1.54) is 12.4 Å². The Bertz CT molecular complexity index is 778. The van der Waals surface area contributed by atoms with Crippen molar-refractivity contribution in [2.24, 2.45) is 5.41 Å². The summed E-state index contributed by atoms with van der Waals surface area (Å²) in [4.78, 5) is 0.165. The van der Waals surface area contributed by atoms with E-state index in [-0.39, 0.29) is 10.3 Å². The first-order valence-electron chi connectivity index (χ1n) is 8.34. The number of aromatic nitrogens is 2. The molecule has 2 aromatic rings. The van der Waals surface area contributed by atoms with Crippen LogP contribution in [0.25, 0.3) is 5.69 Å². The van der Waals surface area contributed by atoms with Crippen molar-refractivity contribution in [1.82, 2.24) is 19.8 Å². The minimum atomic E-state index is -3.61. The topological polar surface area (TPSA) is 85.2 Å². The monoisotopic (exact) mass is 364 g/mol. The Hall–Kier alpha value is -1.74. The molecule has 1 saturated heterocycles. The van der Waals surface area contributed by atoms with Crippen molar-refractivity contribution in [2.45, 2.75) is 17.7 Å². The van der Waals surface area contributed by atoms with Crippen LogP contribution in [0.15, 0.2) is 47.6 Å². The normalized spacial score (nSPS) is 17.5. The Balaban J connectivity index is 1.72. The van der Waals surface area contributed by atoms with Crippen LogP contribution < -0.4 is 10.0 Å². The van der Waals surface area contributed by atoms with Crippen LogP contribution in [0, 0.1) is 5.41 Å². The van der Waals surface area contributed by atoms with Crippen molar-refractivity contribution in [2.75, 3.05) is 33.4 Å². The second-order valence-corrected chi connectivity index (χ2v) is 8.23. The van der Waals surface area contributed by atoms with Crippen LogP contribution in [-0.2, 0) is 14.8 Å². The fraction of sp³-hybridized carbons (Fsp3) is 0.471. The minimum Gasteiger partial charge on any atom is -0.384 e. The van der Waals surface area contributed by atoms with Crippen LogP contribution in [0.4, 0.5) is 0 Å². The van der Waals surface area contributed by atoms with Gasteiger partial charge in [-0.05, 0) is 38.1 Å². The molecule has 0 unspecified atom stereocenters. The van der Waals surface area contributed by atoms with Gasteiger partial charge in [-0.25, -0.2) is 17.8 Å². The van der Waals surface area contributed by atoms with Gasteiger partial charge in [-0.1, -0.05) is 18.2 Å². The fourth-order valence-electron chi connectivity index (χ4n) is 3.13. The molecular formula is C17H24N4O3S. The van der Waals surface area contributed by atoms with E-state index < -0.39 is 10.0 Å². The van der Waals surface area contributed by atoms with E-state index in [0.717, 1.165) is 31.6 Å². The predicted octanol–water partition coefficient (Wildman–Crippen LogP) is 1.17. The molecular weight excluding hydrogens is 340 g/mol. The molecule has 7 nitrogen and oxygen atoms in total. The van der Waals surface area contributed by atoms with Gasteiger partial charge in [0.15, 0.2) is 0 Å². The van der Waals surface area contributed by atoms with E-state index in [2.05, 4.69) is 15.1 Å². The largest absolute Gasteiger partial charge is 0.384 e. The number of methoxy groups -OCH3 is 1. The number of nitrogens with one attached hydrogen (secondary N) is 2. The lowest BCUT2D eigenvalue weighted by Crippen LogP contribution is -2.47. The van der Waals surface area contributed by atoms with Gasteiger partial charge < -0.3 is 10.1 Å². The van der Waals surface area contributed by atoms with Gasteiger partial charge >= 0.3 is 0 Å². The van der Waals surface area contributed by atoms with Crippen LogP contribution in [0.2, 0.25) is 0 Å². The van der Waals surface area contributed by atoms with E-state index in [4.69, 9.17) is 4.74 Å². The number of hydrogen-bond donors (Lipinski definition) is 2. The Morgan fingerprint density at radius 2 is 2.00 bits per heavy atom. The van der Waals surface area contributed by atoms with Gasteiger partial charge in [0, 0.05) is 19.1 Å². The summed E-state index contributed by atoms with van der Waals surface area (Å²) in [5.41, 5.74) is 0.654. The van der Waals surface area contributed by atoms with Crippen LogP contribution in [0.5, 0.6) is 0 Å². The number of rotatable bonds is 7. The van der Waals surface area contributed by atoms with Crippen LogP contribution in [0.3, 0.4) is 0 Å². The summed E-state index contributed by atoms with van der Waals surface area (Å²) in [6, 6.07) is 9.42. The summed E-state index contributed by atoms with van der Waals surface area (Å²) >= 11 is 0. The number of hydrogen-bond acceptors (Lipinski definition) is 5. The van der Waals surface area contributed by atoms with Crippen LogP contribution in [0.1, 0.15) is 12.8 Å². The minimum absolute atomic E-state index is 0.164. The lowest BCUT2D eigenvalue weighted by molar-refractivity contribution is 0.0577. The van der Waals surface area contributed by atoms with Crippen molar-refractivity contribution in [3.05, 3.63) is 42.7 Å². The summed E-state index contributed by atoms with van der Waals surface area (Å²) in [6.07, 6.45) is 4.67. The Kier molecular flexibility index (Phi) is 5.53. The summed E-state index contributed by atoms with van der Waals surface area (Å²) < 4.78 is 34.9. The van der Waals surface area contributed by atoms with Crippen molar-refractivity contribution < 1.29 is 13.2 Å². The summed E-state index contributed by atoms with van der Waals surface area (Å²) in [5, 5.41) is 7.47. The number of benzene rings is 1. The summed E-state index contributed by atoms with van der Waals surface area (Å²) in [7, 11) is -1.96. The number of para-hydroxylation sites is 1. The zero-order valence-corrected chi connectivity index (χ0v) is 15.1. The zero-order valence-electron chi connectivity index (χ0n) is 14.3. The molecule has 25 heavy (non-hydrogen) atoms. The second-order valence-electron chi connectivity index (χ2n) is 6.46. The van der Waals surface area contributed by atoms with Gasteiger partial charge in [-0.3, -0.25) is 0 Å². The van der Waals surface area contributed by atoms with E-state index in [1.54, 1.807) is 11.8 Å². The fourth-order valence-corrected chi connectivity index (χ4v) is 4.22. The molecule has 0 bridgehead atoms. The first kappa shape index (κ1) is 18.1. The molecule has 136 valence electrons. The molecule has 1 aliphatic rings. The van der Waals surface area contributed by atoms with Gasteiger partial charge in [0.25, 0.3) is 0 Å². The second kappa shape index (κ2) is 7.65. The molecule has 1 aromatic carbocycles. The maximum Gasteiger partial charge on any atom is 0.243 e. The highest BCUT2D eigenvalue weighted by molar-refractivity contribution is 7.89. The van der Waals surface area contributed by atoms with Gasteiger partial charge in [0.1, 0.15) is 4.90 Å². The Morgan fingerprint density at radius 3 is 2.68 bits per heavy atom. The zero-order chi connectivity index (χ0) is 17.8. The van der Waals surface area contributed by atoms with E-state index in [1.807, 2.05) is 30.3 Å². The molecule has 0 radical (unpaired) electrons. The summed E-state index contributed by atoms with van der Waals surface area (Å²) in [5.74, 6) is 0. The molecule has 1 aromatic heterocycles. The van der Waals surface area contributed by atoms with Crippen molar-refractivity contribution in [3.8, 4) is 5.69 Å². The third-order valence-electron chi connectivity index (χ3n) is 4.64. The van der Waals surface area contributed by atoms with Crippen molar-refractivity contribution in [1.29, 1.82) is 0 Å². The molecule has 0 amide bonds. The smallest absolute Gasteiger partial charge is 0.243 e. The molecule has 0 aliphatic carbocycles. The lowest BCUT2D eigenvalue weighted by Gasteiger charge is -2.37. The third-order valence-corrected chi connectivity index (χ3v) is 6.00. The molecule has 0 saturated carbocycles. The molecule has 0 atom stereocenters. The lowest BCUT2D eigenvalue weighted by atomic mass is 9.80. The molecule has 3 rings (SSSR count). The maximum absolute atomic E-state index is 12.6. The van der Waals surface area contributed by atoms with Crippen molar-refractivity contribution in [3.63, 3.8) is 0 Å². The Labute approximate surface area is 148 Å². The van der Waals surface area contributed by atoms with Crippen LogP contribution >= 0.6 is 0 Å². The van der Waals surface area contributed by atoms with E-state index in [0.29, 0.717) is 13.2 Å². The summed E-state index contributed by atoms with van der Waals surface area (Å²) in [6.45, 7) is 2.65. The van der Waals surface area contributed by atoms with E-state index in [9.17, 15) is 8.42 Å². The van der Waals surface area contributed by atoms with Gasteiger partial charge in [-0.15, -0.1) is 0 Å². The average Bonchev–Trinajstić information content (AvgIpc) is 3.13. The first-order valence-corrected chi connectivity index (χ1v) is 9.82. The van der Waals surface area contributed by atoms with Gasteiger partial charge in [0.2, 0.25) is 10.0 Å². The average molecular weight is 364 g/mol. The molecule has 1 fully saturated rings. The highest BCUT2D eigenvalue weighted by atomic mass is 32.2. The van der Waals surface area contributed by atoms with Crippen molar-refractivity contribution >= 4 is 10.0 Å². The Morgan fingerprint density at radius 1 is 1.28 bits per heavy atom. The number of ether oxygens (including phenoxy) is 1. The highest BCUT2D eigenvalue weighted by Crippen LogP contribution is 2.28. The number of nitrogens with zero attached hydrogens (tertiary/aromatic N) is 2. The van der Waals surface area contributed by atoms with Gasteiger partial charge in [-0.2, -0.15) is 5.10 Å². The molecule has 0 spiro atoms. The SMILES string of the molecule is COCC1(CNS(=O)(=O)c2cnn(-c3ccccc3)c2)CCNCC1. The maximum atomic E-state index is 12.6. The number of sulfonamides is 1. The third kappa shape index (κ3) is 4.27. The molecule has 1 aliphatic heterocycles. The van der Waals surface area contributed by atoms with E-state index >= 15 is 0 Å². The highest BCUT2D eigenvalue weighted by Gasteiger charge is 2.33. The molecule has 8 heteroatoms. The van der Waals surface area contributed by atoms with Gasteiger partial charge in [0.05, 0.1) is 24.7 Å². The predicted molar refractivity (Wildman–Crippen MR) is 95.2 cm³/mol. The number of piperidine rings is 1. The first-order chi connectivity index (χ1) is 12.0. The molecule has 2 N–H and O–H groups in total. The van der Waals surface area contributed by atoms with Crippen LogP contribution in [-0.4, -0.2) is 51.5 Å².